The van der Waals surface area contributed by atoms with Gasteiger partial charge in [-0.3, -0.25) is 4.79 Å². The van der Waals surface area contributed by atoms with Crippen molar-refractivity contribution in [3.05, 3.63) is 54.1 Å². The summed E-state index contributed by atoms with van der Waals surface area (Å²) in [6, 6.07) is 13.9. The molecule has 0 heterocycles. The minimum Gasteiger partial charge on any atom is -0.494 e. The molecule has 27 heavy (non-hydrogen) atoms. The number of nitrogens with zero attached hydrogens (tertiary/aromatic N) is 1. The van der Waals surface area contributed by atoms with E-state index in [4.69, 9.17) is 4.74 Å². The van der Waals surface area contributed by atoms with Crippen molar-refractivity contribution in [2.75, 3.05) is 24.6 Å². The number of carbonyl (C=O) groups is 1. The molecule has 0 aliphatic heterocycles. The van der Waals surface area contributed by atoms with Gasteiger partial charge in [0.1, 0.15) is 5.75 Å². The maximum Gasteiger partial charge on any atom is 0.240 e. The molecule has 0 aromatic heterocycles. The van der Waals surface area contributed by atoms with E-state index in [2.05, 4.69) is 11.6 Å². The number of sulfonamides is 1. The summed E-state index contributed by atoms with van der Waals surface area (Å²) in [5, 5.41) is 0. The Hall–Kier alpha value is -2.38. The monoisotopic (exact) mass is 390 g/mol. The Labute approximate surface area is 161 Å². The lowest BCUT2D eigenvalue weighted by Gasteiger charge is -2.21. The van der Waals surface area contributed by atoms with Crippen LogP contribution in [0.15, 0.2) is 53.4 Å². The average Bonchev–Trinajstić information content (AvgIpc) is 2.66. The SMILES string of the molecule is CCOc1ccc(S(=O)(=O)NCCN(C(C)=O)c2ccc(CC)cc2)cc1. The van der Waals surface area contributed by atoms with Crippen LogP contribution in [0, 0.1) is 0 Å². The molecule has 2 rings (SSSR count). The number of ether oxygens (including phenoxy) is 1. The lowest BCUT2D eigenvalue weighted by atomic mass is 10.1. The summed E-state index contributed by atoms with van der Waals surface area (Å²) in [6.07, 6.45) is 0.919. The van der Waals surface area contributed by atoms with E-state index in [9.17, 15) is 13.2 Å². The fourth-order valence-corrected chi connectivity index (χ4v) is 3.66. The molecule has 0 radical (unpaired) electrons. The van der Waals surface area contributed by atoms with Gasteiger partial charge in [0.15, 0.2) is 0 Å². The molecule has 2 aromatic rings. The number of benzene rings is 2. The van der Waals surface area contributed by atoms with Crippen LogP contribution in [0.2, 0.25) is 0 Å². The molecule has 2 aromatic carbocycles. The third-order valence-corrected chi connectivity index (χ3v) is 5.59. The molecule has 0 fully saturated rings. The smallest absolute Gasteiger partial charge is 0.240 e. The molecule has 1 amide bonds. The van der Waals surface area contributed by atoms with Crippen LogP contribution in [0.5, 0.6) is 5.75 Å². The van der Waals surface area contributed by atoms with Gasteiger partial charge in [0.05, 0.1) is 11.5 Å². The summed E-state index contributed by atoms with van der Waals surface area (Å²) in [6.45, 7) is 6.27. The summed E-state index contributed by atoms with van der Waals surface area (Å²) < 4.78 is 32.7. The first kappa shape index (κ1) is 20.9. The van der Waals surface area contributed by atoms with E-state index < -0.39 is 10.0 Å². The number of amides is 1. The predicted molar refractivity (Wildman–Crippen MR) is 107 cm³/mol. The molecule has 0 aliphatic rings. The Kier molecular flexibility index (Phi) is 7.38. The van der Waals surface area contributed by atoms with E-state index in [0.717, 1.165) is 12.1 Å². The normalized spacial score (nSPS) is 11.2. The second kappa shape index (κ2) is 9.53. The number of carbonyl (C=O) groups excluding carboxylic acids is 1. The number of hydrogen-bond acceptors (Lipinski definition) is 4. The molecule has 0 bridgehead atoms. The number of aryl methyl sites for hydroxylation is 1. The second-order valence-corrected chi connectivity index (χ2v) is 7.76. The minimum absolute atomic E-state index is 0.116. The summed E-state index contributed by atoms with van der Waals surface area (Å²) in [7, 11) is -3.65. The van der Waals surface area contributed by atoms with Crippen LogP contribution in [0.1, 0.15) is 26.3 Å². The minimum atomic E-state index is -3.65. The van der Waals surface area contributed by atoms with Crippen LogP contribution in [-0.2, 0) is 21.2 Å². The van der Waals surface area contributed by atoms with E-state index in [1.807, 2.05) is 31.2 Å². The van der Waals surface area contributed by atoms with E-state index in [0.29, 0.717) is 12.4 Å². The van der Waals surface area contributed by atoms with E-state index in [1.165, 1.54) is 24.6 Å². The maximum absolute atomic E-state index is 12.4. The molecular weight excluding hydrogens is 364 g/mol. The molecule has 0 aliphatic carbocycles. The Morgan fingerprint density at radius 1 is 1.04 bits per heavy atom. The quantitative estimate of drug-likeness (QED) is 0.714. The highest BCUT2D eigenvalue weighted by Gasteiger charge is 2.16. The fourth-order valence-electron chi connectivity index (χ4n) is 2.64. The first-order valence-corrected chi connectivity index (χ1v) is 10.4. The molecule has 0 spiro atoms. The van der Waals surface area contributed by atoms with Gasteiger partial charge in [-0.2, -0.15) is 0 Å². The van der Waals surface area contributed by atoms with E-state index >= 15 is 0 Å². The van der Waals surface area contributed by atoms with Gasteiger partial charge in [0.2, 0.25) is 15.9 Å². The molecule has 146 valence electrons. The summed E-state index contributed by atoms with van der Waals surface area (Å²) in [5.41, 5.74) is 1.93. The van der Waals surface area contributed by atoms with Crippen LogP contribution < -0.4 is 14.4 Å². The van der Waals surface area contributed by atoms with Crippen LogP contribution in [0.25, 0.3) is 0 Å². The summed E-state index contributed by atoms with van der Waals surface area (Å²) >= 11 is 0. The van der Waals surface area contributed by atoms with Crippen molar-refractivity contribution in [1.82, 2.24) is 4.72 Å². The van der Waals surface area contributed by atoms with Crippen molar-refractivity contribution in [3.8, 4) is 5.75 Å². The largest absolute Gasteiger partial charge is 0.494 e. The molecule has 1 N–H and O–H groups in total. The Balaban J connectivity index is 2.01. The molecule has 7 heteroatoms. The first-order chi connectivity index (χ1) is 12.9. The zero-order valence-corrected chi connectivity index (χ0v) is 16.8. The standard InChI is InChI=1S/C20H26N2O4S/c1-4-17-6-8-18(9-7-17)22(16(3)23)15-14-21-27(24,25)20-12-10-19(11-13-20)26-5-2/h6-13,21H,4-5,14-15H2,1-3H3. The third kappa shape index (κ3) is 5.80. The molecule has 0 saturated heterocycles. The lowest BCUT2D eigenvalue weighted by Crippen LogP contribution is -2.37. The number of rotatable bonds is 9. The van der Waals surface area contributed by atoms with Gasteiger partial charge in [-0.1, -0.05) is 19.1 Å². The van der Waals surface area contributed by atoms with Gasteiger partial charge in [0.25, 0.3) is 0 Å². The van der Waals surface area contributed by atoms with Crippen molar-refractivity contribution in [1.29, 1.82) is 0 Å². The first-order valence-electron chi connectivity index (χ1n) is 8.97. The molecular formula is C20H26N2O4S. The van der Waals surface area contributed by atoms with Crippen molar-refractivity contribution in [3.63, 3.8) is 0 Å². The van der Waals surface area contributed by atoms with Gasteiger partial charge in [-0.15, -0.1) is 0 Å². The molecule has 0 atom stereocenters. The number of anilines is 1. The van der Waals surface area contributed by atoms with Crippen LogP contribution in [0.3, 0.4) is 0 Å². The van der Waals surface area contributed by atoms with Gasteiger partial charge < -0.3 is 9.64 Å². The van der Waals surface area contributed by atoms with Gasteiger partial charge in [-0.25, -0.2) is 13.1 Å². The lowest BCUT2D eigenvalue weighted by molar-refractivity contribution is -0.116. The van der Waals surface area contributed by atoms with Crippen LogP contribution >= 0.6 is 0 Å². The van der Waals surface area contributed by atoms with Crippen molar-refractivity contribution >= 4 is 21.6 Å². The van der Waals surface area contributed by atoms with Crippen molar-refractivity contribution < 1.29 is 17.9 Å². The summed E-state index contributed by atoms with van der Waals surface area (Å²) in [5.74, 6) is 0.481. The Bertz CT molecular complexity index is 847. The number of nitrogens with one attached hydrogen (secondary N) is 1. The van der Waals surface area contributed by atoms with E-state index in [1.54, 1.807) is 17.0 Å². The van der Waals surface area contributed by atoms with Crippen molar-refractivity contribution in [2.24, 2.45) is 0 Å². The fraction of sp³-hybridized carbons (Fsp3) is 0.350. The maximum atomic E-state index is 12.4. The Morgan fingerprint density at radius 3 is 2.19 bits per heavy atom. The second-order valence-electron chi connectivity index (χ2n) is 5.99. The van der Waals surface area contributed by atoms with E-state index in [-0.39, 0.29) is 23.9 Å². The topological polar surface area (TPSA) is 75.7 Å². The zero-order valence-electron chi connectivity index (χ0n) is 15.9. The van der Waals surface area contributed by atoms with Gasteiger partial charge >= 0.3 is 0 Å². The molecule has 6 nitrogen and oxygen atoms in total. The highest BCUT2D eigenvalue weighted by Crippen LogP contribution is 2.17. The Morgan fingerprint density at radius 2 is 1.67 bits per heavy atom. The van der Waals surface area contributed by atoms with Gasteiger partial charge in [-0.05, 0) is 55.3 Å². The van der Waals surface area contributed by atoms with Gasteiger partial charge in [0, 0.05) is 25.7 Å². The number of hydrogen-bond donors (Lipinski definition) is 1. The molecule has 0 unspecified atom stereocenters. The third-order valence-electron chi connectivity index (χ3n) is 4.11. The zero-order chi connectivity index (χ0) is 19.9. The van der Waals surface area contributed by atoms with Crippen LogP contribution in [0.4, 0.5) is 5.69 Å². The average molecular weight is 391 g/mol. The van der Waals surface area contributed by atoms with Crippen LogP contribution in [-0.4, -0.2) is 34.0 Å². The highest BCUT2D eigenvalue weighted by molar-refractivity contribution is 7.89. The summed E-state index contributed by atoms with van der Waals surface area (Å²) in [4.78, 5) is 13.7. The highest BCUT2D eigenvalue weighted by atomic mass is 32.2. The van der Waals surface area contributed by atoms with Crippen molar-refractivity contribution in [2.45, 2.75) is 32.1 Å². The predicted octanol–water partition coefficient (Wildman–Crippen LogP) is 2.98. The molecule has 0 saturated carbocycles.